The van der Waals surface area contributed by atoms with Gasteiger partial charge in [0.05, 0.1) is 12.2 Å². The van der Waals surface area contributed by atoms with E-state index in [-0.39, 0.29) is 11.4 Å². The number of nitrogens with zero attached hydrogens (tertiary/aromatic N) is 2. The SMILES string of the molecule is CCOC(=O)c1cnc(CC2(c3cccc(Cl)c3)CCC2)nc1. The average molecular weight is 331 g/mol. The van der Waals surface area contributed by atoms with Gasteiger partial charge in [0.2, 0.25) is 0 Å². The Morgan fingerprint density at radius 2 is 2.04 bits per heavy atom. The Kier molecular flexibility index (Phi) is 4.62. The molecular weight excluding hydrogens is 312 g/mol. The molecule has 0 spiro atoms. The summed E-state index contributed by atoms with van der Waals surface area (Å²) in [6, 6.07) is 8.04. The maximum atomic E-state index is 11.7. The second kappa shape index (κ2) is 6.67. The number of hydrogen-bond donors (Lipinski definition) is 0. The molecule has 1 aliphatic rings. The third-order valence-corrected chi connectivity index (χ3v) is 4.70. The molecule has 0 unspecified atom stereocenters. The fourth-order valence-electron chi connectivity index (χ4n) is 3.06. The largest absolute Gasteiger partial charge is 0.462 e. The van der Waals surface area contributed by atoms with E-state index >= 15 is 0 Å². The zero-order chi connectivity index (χ0) is 16.3. The number of ether oxygens (including phenoxy) is 1. The van der Waals surface area contributed by atoms with Crippen molar-refractivity contribution in [2.75, 3.05) is 6.61 Å². The van der Waals surface area contributed by atoms with Gasteiger partial charge >= 0.3 is 5.97 Å². The van der Waals surface area contributed by atoms with Gasteiger partial charge in [-0.2, -0.15) is 0 Å². The number of hydrogen-bond acceptors (Lipinski definition) is 4. The van der Waals surface area contributed by atoms with Crippen LogP contribution in [0.3, 0.4) is 0 Å². The van der Waals surface area contributed by atoms with Gasteiger partial charge in [-0.05, 0) is 37.5 Å². The molecule has 0 atom stereocenters. The fourth-order valence-corrected chi connectivity index (χ4v) is 3.25. The van der Waals surface area contributed by atoms with Crippen molar-refractivity contribution in [1.82, 2.24) is 9.97 Å². The van der Waals surface area contributed by atoms with E-state index in [2.05, 4.69) is 16.0 Å². The molecule has 2 aromatic rings. The maximum absolute atomic E-state index is 11.7. The summed E-state index contributed by atoms with van der Waals surface area (Å²) in [5.41, 5.74) is 1.70. The molecule has 0 saturated heterocycles. The van der Waals surface area contributed by atoms with Crippen molar-refractivity contribution in [1.29, 1.82) is 0 Å². The van der Waals surface area contributed by atoms with Gasteiger partial charge in [-0.1, -0.05) is 30.2 Å². The first-order valence-corrected chi connectivity index (χ1v) is 8.25. The summed E-state index contributed by atoms with van der Waals surface area (Å²) in [7, 11) is 0. The number of aromatic nitrogens is 2. The normalized spacial score (nSPS) is 15.7. The van der Waals surface area contributed by atoms with Crippen LogP contribution in [0.15, 0.2) is 36.7 Å². The Morgan fingerprint density at radius 1 is 1.30 bits per heavy atom. The van der Waals surface area contributed by atoms with Crippen molar-refractivity contribution >= 4 is 17.6 Å². The molecule has 1 aromatic carbocycles. The van der Waals surface area contributed by atoms with E-state index in [1.807, 2.05) is 18.2 Å². The first-order valence-electron chi connectivity index (χ1n) is 7.87. The molecule has 0 aliphatic heterocycles. The second-order valence-electron chi connectivity index (χ2n) is 5.93. The van der Waals surface area contributed by atoms with E-state index in [9.17, 15) is 4.79 Å². The van der Waals surface area contributed by atoms with E-state index in [4.69, 9.17) is 16.3 Å². The lowest BCUT2D eigenvalue weighted by atomic mass is 9.62. The van der Waals surface area contributed by atoms with Crippen molar-refractivity contribution in [2.45, 2.75) is 38.0 Å². The van der Waals surface area contributed by atoms with Crippen molar-refractivity contribution in [3.8, 4) is 0 Å². The zero-order valence-corrected chi connectivity index (χ0v) is 13.8. The lowest BCUT2D eigenvalue weighted by Crippen LogP contribution is -2.37. The third kappa shape index (κ3) is 3.37. The number of benzene rings is 1. The minimum Gasteiger partial charge on any atom is -0.462 e. The molecule has 120 valence electrons. The Labute approximate surface area is 140 Å². The molecule has 1 saturated carbocycles. The molecule has 1 heterocycles. The molecule has 3 rings (SSSR count). The monoisotopic (exact) mass is 330 g/mol. The van der Waals surface area contributed by atoms with Gasteiger partial charge in [0.15, 0.2) is 0 Å². The van der Waals surface area contributed by atoms with Crippen LogP contribution in [-0.4, -0.2) is 22.5 Å². The predicted molar refractivity (Wildman–Crippen MR) is 88.7 cm³/mol. The Balaban J connectivity index is 1.78. The van der Waals surface area contributed by atoms with Crippen LogP contribution < -0.4 is 0 Å². The van der Waals surface area contributed by atoms with Crippen LogP contribution in [0.5, 0.6) is 0 Å². The lowest BCUT2D eigenvalue weighted by molar-refractivity contribution is 0.0525. The van der Waals surface area contributed by atoms with Crippen LogP contribution in [0.2, 0.25) is 5.02 Å². The molecule has 1 aliphatic carbocycles. The first-order chi connectivity index (χ1) is 11.1. The molecule has 23 heavy (non-hydrogen) atoms. The molecule has 5 heteroatoms. The van der Waals surface area contributed by atoms with Gasteiger partial charge in [0.1, 0.15) is 5.82 Å². The fraction of sp³-hybridized carbons (Fsp3) is 0.389. The van der Waals surface area contributed by atoms with Crippen LogP contribution in [0.25, 0.3) is 0 Å². The van der Waals surface area contributed by atoms with Crippen LogP contribution in [0.1, 0.15) is 47.9 Å². The summed E-state index contributed by atoms with van der Waals surface area (Å²) in [6.45, 7) is 2.12. The Hall–Kier alpha value is -1.94. The highest BCUT2D eigenvalue weighted by molar-refractivity contribution is 6.30. The number of rotatable bonds is 5. The summed E-state index contributed by atoms with van der Waals surface area (Å²) < 4.78 is 4.95. The van der Waals surface area contributed by atoms with Crippen molar-refractivity contribution in [3.63, 3.8) is 0 Å². The zero-order valence-electron chi connectivity index (χ0n) is 13.1. The predicted octanol–water partition coefficient (Wildman–Crippen LogP) is 3.97. The highest BCUT2D eigenvalue weighted by atomic mass is 35.5. The number of esters is 1. The maximum Gasteiger partial charge on any atom is 0.341 e. The van der Waals surface area contributed by atoms with Gasteiger partial charge in [-0.15, -0.1) is 0 Å². The highest BCUT2D eigenvalue weighted by Crippen LogP contribution is 2.46. The van der Waals surface area contributed by atoms with Crippen LogP contribution in [0.4, 0.5) is 0 Å². The summed E-state index contributed by atoms with van der Waals surface area (Å²) >= 11 is 6.14. The summed E-state index contributed by atoms with van der Waals surface area (Å²) in [5.74, 6) is 0.366. The number of carbonyl (C=O) groups excluding carboxylic acids is 1. The van der Waals surface area contributed by atoms with Crippen LogP contribution >= 0.6 is 11.6 Å². The molecule has 0 amide bonds. The molecule has 1 aromatic heterocycles. The summed E-state index contributed by atoms with van der Waals surface area (Å²) in [6.07, 6.45) is 7.27. The molecule has 0 N–H and O–H groups in total. The molecule has 0 bridgehead atoms. The second-order valence-corrected chi connectivity index (χ2v) is 6.37. The third-order valence-electron chi connectivity index (χ3n) is 4.46. The number of carbonyl (C=O) groups is 1. The minimum absolute atomic E-state index is 0.0658. The van der Waals surface area contributed by atoms with E-state index < -0.39 is 0 Å². The van der Waals surface area contributed by atoms with E-state index in [0.29, 0.717) is 12.2 Å². The summed E-state index contributed by atoms with van der Waals surface area (Å²) in [4.78, 5) is 20.4. The van der Waals surface area contributed by atoms with Crippen molar-refractivity contribution < 1.29 is 9.53 Å². The van der Waals surface area contributed by atoms with Gasteiger partial charge in [-0.25, -0.2) is 14.8 Å². The summed E-state index contributed by atoms with van der Waals surface area (Å²) in [5, 5.41) is 0.757. The molecule has 4 nitrogen and oxygen atoms in total. The average Bonchev–Trinajstić information content (AvgIpc) is 2.52. The standard InChI is InChI=1S/C18H19ClN2O2/c1-2-23-17(22)13-11-20-16(21-12-13)10-18(7-4-8-18)14-5-3-6-15(19)9-14/h3,5-6,9,11-12H,2,4,7-8,10H2,1H3. The van der Waals surface area contributed by atoms with Crippen molar-refractivity contribution in [2.24, 2.45) is 0 Å². The quantitative estimate of drug-likeness (QED) is 0.778. The smallest absolute Gasteiger partial charge is 0.341 e. The lowest BCUT2D eigenvalue weighted by Gasteiger charge is -2.42. The van der Waals surface area contributed by atoms with Crippen LogP contribution in [0, 0.1) is 0 Å². The Bertz CT molecular complexity index is 696. The van der Waals surface area contributed by atoms with Gasteiger partial charge in [0.25, 0.3) is 0 Å². The molecular formula is C18H19ClN2O2. The van der Waals surface area contributed by atoms with Crippen LogP contribution in [-0.2, 0) is 16.6 Å². The molecule has 0 radical (unpaired) electrons. The molecule has 1 fully saturated rings. The minimum atomic E-state index is -0.382. The van der Waals surface area contributed by atoms with Gasteiger partial charge in [-0.3, -0.25) is 0 Å². The number of halogens is 1. The van der Waals surface area contributed by atoms with Gasteiger partial charge < -0.3 is 4.74 Å². The topological polar surface area (TPSA) is 52.1 Å². The van der Waals surface area contributed by atoms with E-state index in [0.717, 1.165) is 30.1 Å². The van der Waals surface area contributed by atoms with E-state index in [1.54, 1.807) is 19.3 Å². The van der Waals surface area contributed by atoms with Gasteiger partial charge in [0, 0.05) is 29.3 Å². The van der Waals surface area contributed by atoms with E-state index in [1.165, 1.54) is 12.0 Å². The highest BCUT2D eigenvalue weighted by Gasteiger charge is 2.39. The Morgan fingerprint density at radius 3 is 2.61 bits per heavy atom. The first kappa shape index (κ1) is 15.9. The van der Waals surface area contributed by atoms with Crippen molar-refractivity contribution in [3.05, 3.63) is 58.6 Å².